The first-order valence-electron chi connectivity index (χ1n) is 6.18. The van der Waals surface area contributed by atoms with Gasteiger partial charge in [0.2, 0.25) is 0 Å². The van der Waals surface area contributed by atoms with Crippen molar-refractivity contribution < 1.29 is 0 Å². The van der Waals surface area contributed by atoms with Crippen molar-refractivity contribution >= 4 is 0 Å². The van der Waals surface area contributed by atoms with Gasteiger partial charge in [0, 0.05) is 0 Å². The van der Waals surface area contributed by atoms with Gasteiger partial charge in [-0.15, -0.1) is 0 Å². The monoisotopic (exact) mass is 194 g/mol. The maximum absolute atomic E-state index is 2.52. The zero-order valence-corrected chi connectivity index (χ0v) is 10.8. The molecule has 0 radical (unpaired) electrons. The Morgan fingerprint density at radius 1 is 1.07 bits per heavy atom. The van der Waals surface area contributed by atoms with Crippen LogP contribution >= 0.6 is 0 Å². The molecule has 2 saturated carbocycles. The van der Waals surface area contributed by atoms with Gasteiger partial charge in [-0.25, -0.2) is 0 Å². The molecule has 0 saturated heterocycles. The Labute approximate surface area is 89.5 Å². The number of hydrogen-bond donors (Lipinski definition) is 0. The molecule has 0 nitrogen and oxygen atoms in total. The van der Waals surface area contributed by atoms with E-state index >= 15 is 0 Å². The first kappa shape index (κ1) is 10.5. The van der Waals surface area contributed by atoms with Gasteiger partial charge in [-0.3, -0.25) is 0 Å². The number of fused-ring (bicyclic) bond motifs is 1. The largest absolute Gasteiger partial charge is 0.0622 e. The quantitative estimate of drug-likeness (QED) is 0.533. The molecule has 2 aliphatic carbocycles. The van der Waals surface area contributed by atoms with E-state index in [0.29, 0.717) is 16.2 Å². The normalized spacial score (nSPS) is 52.7. The molecule has 4 unspecified atom stereocenters. The predicted molar refractivity (Wildman–Crippen MR) is 62.2 cm³/mol. The van der Waals surface area contributed by atoms with Crippen LogP contribution < -0.4 is 0 Å². The van der Waals surface area contributed by atoms with Crippen molar-refractivity contribution in [3.05, 3.63) is 0 Å². The van der Waals surface area contributed by atoms with Crippen molar-refractivity contribution in [1.82, 2.24) is 0 Å². The summed E-state index contributed by atoms with van der Waals surface area (Å²) in [6, 6.07) is 0. The van der Waals surface area contributed by atoms with E-state index in [1.807, 2.05) is 0 Å². The van der Waals surface area contributed by atoms with Crippen molar-refractivity contribution in [3.8, 4) is 0 Å². The zero-order valence-electron chi connectivity index (χ0n) is 10.8. The Morgan fingerprint density at radius 2 is 1.64 bits per heavy atom. The molecule has 2 rings (SSSR count). The van der Waals surface area contributed by atoms with Gasteiger partial charge in [-0.2, -0.15) is 0 Å². The Kier molecular flexibility index (Phi) is 1.93. The molecule has 2 aliphatic rings. The standard InChI is InChI=1S/C14H26/c1-10-7-13(5)9-14(6,8-11(10)13)12(2,3)4/h10-11H,7-9H2,1-6H3. The first-order chi connectivity index (χ1) is 6.18. The van der Waals surface area contributed by atoms with Crippen molar-refractivity contribution in [2.24, 2.45) is 28.1 Å². The minimum Gasteiger partial charge on any atom is -0.0622 e. The predicted octanol–water partition coefficient (Wildman–Crippen LogP) is 4.49. The highest BCUT2D eigenvalue weighted by Crippen LogP contribution is 2.69. The van der Waals surface area contributed by atoms with Gasteiger partial charge < -0.3 is 0 Å². The van der Waals surface area contributed by atoms with E-state index in [2.05, 4.69) is 41.5 Å². The smallest absolute Gasteiger partial charge is 0.0269 e. The summed E-state index contributed by atoms with van der Waals surface area (Å²) in [5, 5.41) is 0. The molecule has 0 aliphatic heterocycles. The lowest BCUT2D eigenvalue weighted by Crippen LogP contribution is -2.40. The van der Waals surface area contributed by atoms with Crippen molar-refractivity contribution in [1.29, 1.82) is 0 Å². The summed E-state index contributed by atoms with van der Waals surface area (Å²) in [5.74, 6) is 2.01. The van der Waals surface area contributed by atoms with E-state index in [1.54, 1.807) is 0 Å². The lowest BCUT2D eigenvalue weighted by molar-refractivity contribution is 0.0132. The van der Waals surface area contributed by atoms with Crippen LogP contribution in [0.1, 0.15) is 60.8 Å². The molecule has 0 spiro atoms. The molecule has 0 aromatic rings. The van der Waals surface area contributed by atoms with Crippen LogP contribution in [0.5, 0.6) is 0 Å². The average molecular weight is 194 g/mol. The zero-order chi connectivity index (χ0) is 10.8. The molecular formula is C14H26. The fourth-order valence-corrected chi connectivity index (χ4v) is 4.23. The van der Waals surface area contributed by atoms with Crippen molar-refractivity contribution in [2.75, 3.05) is 0 Å². The van der Waals surface area contributed by atoms with Crippen LogP contribution in [0.15, 0.2) is 0 Å². The molecule has 0 heteroatoms. The van der Waals surface area contributed by atoms with Crippen LogP contribution in [0.3, 0.4) is 0 Å². The Balaban J connectivity index is 2.22. The summed E-state index contributed by atoms with van der Waals surface area (Å²) in [7, 11) is 0. The molecule has 0 amide bonds. The van der Waals surface area contributed by atoms with Crippen molar-refractivity contribution in [3.63, 3.8) is 0 Å². The van der Waals surface area contributed by atoms with Crippen molar-refractivity contribution in [2.45, 2.75) is 60.8 Å². The maximum atomic E-state index is 2.52. The molecule has 4 atom stereocenters. The molecule has 0 heterocycles. The molecule has 0 aromatic heterocycles. The second-order valence-electron chi connectivity index (χ2n) is 7.63. The molecule has 2 fully saturated rings. The first-order valence-corrected chi connectivity index (χ1v) is 6.18. The second kappa shape index (κ2) is 2.57. The summed E-state index contributed by atoms with van der Waals surface area (Å²) in [4.78, 5) is 0. The van der Waals surface area contributed by atoms with Gasteiger partial charge in [0.05, 0.1) is 0 Å². The highest BCUT2D eigenvalue weighted by Gasteiger charge is 2.60. The fourth-order valence-electron chi connectivity index (χ4n) is 4.23. The number of rotatable bonds is 0. The summed E-state index contributed by atoms with van der Waals surface area (Å²) >= 11 is 0. The SMILES string of the molecule is CC1CC2(C)CC(C)(C(C)(C)C)CC12. The second-order valence-corrected chi connectivity index (χ2v) is 7.63. The average Bonchev–Trinajstić information content (AvgIpc) is 2.18. The van der Waals surface area contributed by atoms with Crippen LogP contribution in [0.2, 0.25) is 0 Å². The maximum Gasteiger partial charge on any atom is -0.0269 e. The lowest BCUT2D eigenvalue weighted by atomic mass is 9.57. The van der Waals surface area contributed by atoms with Gasteiger partial charge in [0.25, 0.3) is 0 Å². The van der Waals surface area contributed by atoms with Gasteiger partial charge in [-0.1, -0.05) is 41.5 Å². The lowest BCUT2D eigenvalue weighted by Gasteiger charge is -2.48. The van der Waals surface area contributed by atoms with E-state index in [1.165, 1.54) is 19.3 Å². The molecule has 82 valence electrons. The topological polar surface area (TPSA) is 0 Å². The third-order valence-corrected chi connectivity index (χ3v) is 5.65. The van der Waals surface area contributed by atoms with Gasteiger partial charge >= 0.3 is 0 Å². The van der Waals surface area contributed by atoms with E-state index in [9.17, 15) is 0 Å². The van der Waals surface area contributed by atoms with Crippen LogP contribution in [-0.4, -0.2) is 0 Å². The van der Waals surface area contributed by atoms with Crippen LogP contribution in [0.4, 0.5) is 0 Å². The van der Waals surface area contributed by atoms with Gasteiger partial charge in [0.1, 0.15) is 0 Å². The van der Waals surface area contributed by atoms with E-state index < -0.39 is 0 Å². The fraction of sp³-hybridized carbons (Fsp3) is 1.00. The summed E-state index contributed by atoms with van der Waals surface area (Å²) in [5.41, 5.74) is 1.76. The number of hydrogen-bond acceptors (Lipinski definition) is 0. The highest BCUT2D eigenvalue weighted by atomic mass is 14.6. The molecular weight excluding hydrogens is 168 g/mol. The van der Waals surface area contributed by atoms with E-state index in [4.69, 9.17) is 0 Å². The van der Waals surface area contributed by atoms with E-state index in [0.717, 1.165) is 11.8 Å². The highest BCUT2D eigenvalue weighted by molar-refractivity contribution is 5.10. The van der Waals surface area contributed by atoms with Gasteiger partial charge in [0.15, 0.2) is 0 Å². The van der Waals surface area contributed by atoms with Crippen LogP contribution in [-0.2, 0) is 0 Å². The Bertz CT molecular complexity index is 247. The Morgan fingerprint density at radius 3 is 2.00 bits per heavy atom. The molecule has 14 heavy (non-hydrogen) atoms. The third-order valence-electron chi connectivity index (χ3n) is 5.65. The van der Waals surface area contributed by atoms with E-state index in [-0.39, 0.29) is 0 Å². The minimum atomic E-state index is 0.479. The minimum absolute atomic E-state index is 0.479. The van der Waals surface area contributed by atoms with Crippen LogP contribution in [0.25, 0.3) is 0 Å². The van der Waals surface area contributed by atoms with Crippen LogP contribution in [0, 0.1) is 28.1 Å². The summed E-state index contributed by atoms with van der Waals surface area (Å²) in [6.45, 7) is 14.8. The Hall–Kier alpha value is 0. The molecule has 0 bridgehead atoms. The van der Waals surface area contributed by atoms with Gasteiger partial charge in [-0.05, 0) is 47.3 Å². The summed E-state index contributed by atoms with van der Waals surface area (Å²) in [6.07, 6.45) is 4.40. The third kappa shape index (κ3) is 1.19. The molecule has 0 aromatic carbocycles. The summed E-state index contributed by atoms with van der Waals surface area (Å²) < 4.78 is 0. The molecule has 0 N–H and O–H groups in total.